The molecule has 1 aliphatic heterocycles. The first-order valence-electron chi connectivity index (χ1n) is 8.09. The minimum Gasteiger partial charge on any atom is -0.366 e. The van der Waals surface area contributed by atoms with Gasteiger partial charge < -0.3 is 10.6 Å². The Labute approximate surface area is 142 Å². The molecule has 3 rings (SSSR count). The Morgan fingerprint density at radius 3 is 2.54 bits per heavy atom. The van der Waals surface area contributed by atoms with Crippen molar-refractivity contribution in [2.24, 2.45) is 0 Å². The molecule has 7 heteroatoms. The Morgan fingerprint density at radius 1 is 1.17 bits per heavy atom. The van der Waals surface area contributed by atoms with Gasteiger partial charge in [0.15, 0.2) is 9.84 Å². The number of sulfone groups is 1. The maximum atomic E-state index is 11.6. The third-order valence-corrected chi connectivity index (χ3v) is 5.57. The van der Waals surface area contributed by atoms with Gasteiger partial charge in [-0.3, -0.25) is 0 Å². The molecule has 0 radical (unpaired) electrons. The maximum Gasteiger partial charge on any atom is 0.225 e. The normalized spacial score (nSPS) is 19.4. The minimum absolute atomic E-state index is 0.0968. The zero-order valence-electron chi connectivity index (χ0n) is 13.9. The number of rotatable bonds is 5. The van der Waals surface area contributed by atoms with Gasteiger partial charge in [0.25, 0.3) is 0 Å². The van der Waals surface area contributed by atoms with Gasteiger partial charge in [-0.15, -0.1) is 0 Å². The van der Waals surface area contributed by atoms with Crippen molar-refractivity contribution in [1.29, 1.82) is 0 Å². The molecule has 1 aromatic carbocycles. The van der Waals surface area contributed by atoms with Gasteiger partial charge in [-0.2, -0.15) is 4.98 Å². The van der Waals surface area contributed by atoms with Crippen molar-refractivity contribution < 1.29 is 8.42 Å². The van der Waals surface area contributed by atoms with Gasteiger partial charge in [-0.05, 0) is 20.3 Å². The second kappa shape index (κ2) is 6.76. The molecule has 2 heterocycles. The number of aromatic nitrogens is 2. The summed E-state index contributed by atoms with van der Waals surface area (Å²) in [5.74, 6) is 1.58. The van der Waals surface area contributed by atoms with E-state index in [9.17, 15) is 8.42 Å². The Kier molecular flexibility index (Phi) is 4.71. The standard InChI is InChI=1S/C17H22N4O2S/c1-12(2)18-17-20-15(13-6-4-3-5-7-13)10-16(21-17)19-14-8-9-24(22,23)11-14/h3-7,10,12,14H,8-9,11H2,1-2H3,(H2,18,19,20,21). The Bertz CT molecular complexity index is 807. The van der Waals surface area contributed by atoms with Crippen LogP contribution in [0.2, 0.25) is 0 Å². The molecule has 1 atom stereocenters. The van der Waals surface area contributed by atoms with E-state index in [1.807, 2.05) is 50.2 Å². The predicted molar refractivity (Wildman–Crippen MR) is 96.9 cm³/mol. The van der Waals surface area contributed by atoms with Crippen molar-refractivity contribution in [2.45, 2.75) is 32.4 Å². The number of nitrogens with one attached hydrogen (secondary N) is 2. The number of benzene rings is 1. The highest BCUT2D eigenvalue weighted by Crippen LogP contribution is 2.23. The number of anilines is 2. The summed E-state index contributed by atoms with van der Waals surface area (Å²) in [6.07, 6.45) is 0.611. The fourth-order valence-electron chi connectivity index (χ4n) is 2.72. The molecule has 1 fully saturated rings. The van der Waals surface area contributed by atoms with E-state index in [-0.39, 0.29) is 23.6 Å². The fourth-order valence-corrected chi connectivity index (χ4v) is 4.39. The van der Waals surface area contributed by atoms with Gasteiger partial charge in [-0.1, -0.05) is 30.3 Å². The first kappa shape index (κ1) is 16.7. The van der Waals surface area contributed by atoms with Crippen LogP contribution in [0.5, 0.6) is 0 Å². The molecule has 128 valence electrons. The summed E-state index contributed by atoms with van der Waals surface area (Å²) in [6, 6.07) is 11.8. The first-order chi connectivity index (χ1) is 11.4. The van der Waals surface area contributed by atoms with Crippen LogP contribution in [-0.4, -0.2) is 42.0 Å². The van der Waals surface area contributed by atoms with E-state index >= 15 is 0 Å². The molecule has 24 heavy (non-hydrogen) atoms. The minimum atomic E-state index is -2.93. The highest BCUT2D eigenvalue weighted by molar-refractivity contribution is 7.91. The van der Waals surface area contributed by atoms with Crippen molar-refractivity contribution in [3.8, 4) is 11.3 Å². The predicted octanol–water partition coefficient (Wildman–Crippen LogP) is 2.56. The second-order valence-corrected chi connectivity index (χ2v) is 8.60. The lowest BCUT2D eigenvalue weighted by Crippen LogP contribution is -2.22. The van der Waals surface area contributed by atoms with Crippen molar-refractivity contribution in [3.63, 3.8) is 0 Å². The van der Waals surface area contributed by atoms with E-state index in [0.717, 1.165) is 11.3 Å². The SMILES string of the molecule is CC(C)Nc1nc(NC2CCS(=O)(=O)C2)cc(-c2ccccc2)n1. The lowest BCUT2D eigenvalue weighted by molar-refractivity contribution is 0.602. The van der Waals surface area contributed by atoms with E-state index < -0.39 is 9.84 Å². The summed E-state index contributed by atoms with van der Waals surface area (Å²) >= 11 is 0. The first-order valence-corrected chi connectivity index (χ1v) is 9.91. The van der Waals surface area contributed by atoms with Crippen LogP contribution in [-0.2, 0) is 9.84 Å². The molecule has 0 saturated carbocycles. The lowest BCUT2D eigenvalue weighted by atomic mass is 10.1. The summed E-state index contributed by atoms with van der Waals surface area (Å²) in [6.45, 7) is 4.05. The number of hydrogen-bond acceptors (Lipinski definition) is 6. The smallest absolute Gasteiger partial charge is 0.225 e. The zero-order valence-corrected chi connectivity index (χ0v) is 14.7. The quantitative estimate of drug-likeness (QED) is 0.866. The highest BCUT2D eigenvalue weighted by Gasteiger charge is 2.28. The average Bonchev–Trinajstić information content (AvgIpc) is 2.86. The molecule has 1 saturated heterocycles. The molecule has 0 spiro atoms. The van der Waals surface area contributed by atoms with Gasteiger partial charge in [0.2, 0.25) is 5.95 Å². The summed E-state index contributed by atoms with van der Waals surface area (Å²) in [5, 5.41) is 6.47. The Morgan fingerprint density at radius 2 is 1.92 bits per heavy atom. The van der Waals surface area contributed by atoms with E-state index in [1.54, 1.807) is 0 Å². The van der Waals surface area contributed by atoms with E-state index in [4.69, 9.17) is 0 Å². The molecule has 1 aromatic heterocycles. The van der Waals surface area contributed by atoms with Crippen LogP contribution in [0.3, 0.4) is 0 Å². The van der Waals surface area contributed by atoms with Gasteiger partial charge in [-0.25, -0.2) is 13.4 Å². The fraction of sp³-hybridized carbons (Fsp3) is 0.412. The molecule has 0 bridgehead atoms. The van der Waals surface area contributed by atoms with Crippen LogP contribution in [0.15, 0.2) is 36.4 Å². The topological polar surface area (TPSA) is 84.0 Å². The molecule has 0 amide bonds. The number of nitrogens with zero attached hydrogens (tertiary/aromatic N) is 2. The van der Waals surface area contributed by atoms with Crippen LogP contribution in [0, 0.1) is 0 Å². The monoisotopic (exact) mass is 346 g/mol. The Hall–Kier alpha value is -2.15. The van der Waals surface area contributed by atoms with Gasteiger partial charge in [0.1, 0.15) is 5.82 Å². The lowest BCUT2D eigenvalue weighted by Gasteiger charge is -2.15. The van der Waals surface area contributed by atoms with E-state index in [2.05, 4.69) is 20.6 Å². The Balaban J connectivity index is 1.90. The largest absolute Gasteiger partial charge is 0.366 e. The van der Waals surface area contributed by atoms with E-state index in [1.165, 1.54) is 0 Å². The third-order valence-electron chi connectivity index (χ3n) is 3.80. The molecular formula is C17H22N4O2S. The molecule has 1 aliphatic rings. The maximum absolute atomic E-state index is 11.6. The second-order valence-electron chi connectivity index (χ2n) is 6.37. The molecule has 1 unspecified atom stereocenters. The molecule has 0 aliphatic carbocycles. The van der Waals surface area contributed by atoms with Crippen molar-refractivity contribution in [3.05, 3.63) is 36.4 Å². The van der Waals surface area contributed by atoms with Crippen LogP contribution in [0.1, 0.15) is 20.3 Å². The average molecular weight is 346 g/mol. The van der Waals surface area contributed by atoms with Gasteiger partial charge in [0, 0.05) is 23.7 Å². The molecule has 6 nitrogen and oxygen atoms in total. The van der Waals surface area contributed by atoms with Crippen LogP contribution < -0.4 is 10.6 Å². The molecule has 2 N–H and O–H groups in total. The molecular weight excluding hydrogens is 324 g/mol. The third kappa shape index (κ3) is 4.23. The van der Waals surface area contributed by atoms with Crippen LogP contribution in [0.25, 0.3) is 11.3 Å². The van der Waals surface area contributed by atoms with E-state index in [0.29, 0.717) is 18.2 Å². The summed E-state index contributed by atoms with van der Waals surface area (Å²) in [5.41, 5.74) is 1.80. The van der Waals surface area contributed by atoms with Crippen molar-refractivity contribution in [1.82, 2.24) is 9.97 Å². The van der Waals surface area contributed by atoms with Gasteiger partial charge in [0.05, 0.1) is 17.2 Å². The molecule has 2 aromatic rings. The van der Waals surface area contributed by atoms with Crippen LogP contribution in [0.4, 0.5) is 11.8 Å². The zero-order chi connectivity index (χ0) is 17.2. The summed E-state index contributed by atoms with van der Waals surface area (Å²) < 4.78 is 23.3. The van der Waals surface area contributed by atoms with Crippen LogP contribution >= 0.6 is 0 Å². The summed E-state index contributed by atoms with van der Waals surface area (Å²) in [7, 11) is -2.93. The van der Waals surface area contributed by atoms with Crippen molar-refractivity contribution in [2.75, 3.05) is 22.1 Å². The number of hydrogen-bond donors (Lipinski definition) is 2. The highest BCUT2D eigenvalue weighted by atomic mass is 32.2. The van der Waals surface area contributed by atoms with Gasteiger partial charge >= 0.3 is 0 Å². The van der Waals surface area contributed by atoms with Crippen molar-refractivity contribution >= 4 is 21.6 Å². The summed E-state index contributed by atoms with van der Waals surface area (Å²) in [4.78, 5) is 9.05.